The van der Waals surface area contributed by atoms with Crippen LogP contribution in [0.15, 0.2) is 83.8 Å². The number of carbonyl (C=O) groups is 1. The molecule has 1 heterocycles. The van der Waals surface area contributed by atoms with E-state index in [1.54, 1.807) is 0 Å². The Kier molecular flexibility index (Phi) is 5.73. The summed E-state index contributed by atoms with van der Waals surface area (Å²) in [7, 11) is 0. The number of thioether (sulfide) groups is 1. The number of carbonyl (C=O) groups excluding carboxylic acids is 1. The van der Waals surface area contributed by atoms with Crippen LogP contribution in [-0.2, 0) is 17.6 Å². The van der Waals surface area contributed by atoms with E-state index in [-0.39, 0.29) is 5.91 Å². The van der Waals surface area contributed by atoms with Crippen LogP contribution < -0.4 is 5.32 Å². The number of fused-ring (bicyclic) bond motifs is 1. The van der Waals surface area contributed by atoms with E-state index < -0.39 is 0 Å². The second kappa shape index (κ2) is 8.76. The topological polar surface area (TPSA) is 57.8 Å². The maximum atomic E-state index is 12.1. The van der Waals surface area contributed by atoms with Gasteiger partial charge in [0.05, 0.1) is 16.8 Å². The van der Waals surface area contributed by atoms with Crippen molar-refractivity contribution in [1.82, 2.24) is 9.97 Å². The van der Waals surface area contributed by atoms with Crippen molar-refractivity contribution < 1.29 is 4.79 Å². The number of nitrogens with zero attached hydrogens (tertiary/aromatic N) is 1. The average Bonchev–Trinajstić information content (AvgIpc) is 3.16. The normalized spacial score (nSPS) is 10.9. The van der Waals surface area contributed by atoms with Crippen LogP contribution in [0.1, 0.15) is 11.4 Å². The Morgan fingerprint density at radius 2 is 1.64 bits per heavy atom. The Labute approximate surface area is 168 Å². The number of rotatable bonds is 7. The summed E-state index contributed by atoms with van der Waals surface area (Å²) in [6.45, 7) is 0. The van der Waals surface area contributed by atoms with Gasteiger partial charge in [0, 0.05) is 17.0 Å². The standard InChI is InChI=1S/C23H21N3OS/c27-23(16-28-19-6-2-1-3-7-19)24-18-13-10-17(11-14-18)12-15-22-25-20-8-4-5-9-21(20)26-22/h1-11,13-14H,12,15-16H2,(H,24,27)(H,25,26). The van der Waals surface area contributed by atoms with Crippen LogP contribution in [0, 0.1) is 0 Å². The Morgan fingerprint density at radius 3 is 2.43 bits per heavy atom. The fraction of sp³-hybridized carbons (Fsp3) is 0.130. The molecule has 0 aliphatic heterocycles. The second-order valence-electron chi connectivity index (χ2n) is 6.55. The van der Waals surface area contributed by atoms with Gasteiger partial charge in [0.15, 0.2) is 0 Å². The Bertz CT molecular complexity index is 1030. The lowest BCUT2D eigenvalue weighted by molar-refractivity contribution is -0.113. The van der Waals surface area contributed by atoms with E-state index in [4.69, 9.17) is 0 Å². The zero-order valence-corrected chi connectivity index (χ0v) is 16.2. The third-order valence-electron chi connectivity index (χ3n) is 4.44. The molecular weight excluding hydrogens is 366 g/mol. The average molecular weight is 388 g/mol. The van der Waals surface area contributed by atoms with Crippen molar-refractivity contribution in [3.63, 3.8) is 0 Å². The molecule has 0 radical (unpaired) electrons. The van der Waals surface area contributed by atoms with Gasteiger partial charge in [-0.05, 0) is 48.4 Å². The summed E-state index contributed by atoms with van der Waals surface area (Å²) in [5.41, 5.74) is 4.12. The first kappa shape index (κ1) is 18.3. The molecule has 0 fully saturated rings. The highest BCUT2D eigenvalue weighted by Gasteiger charge is 2.05. The molecule has 4 nitrogen and oxygen atoms in total. The van der Waals surface area contributed by atoms with Crippen molar-refractivity contribution in [2.45, 2.75) is 17.7 Å². The van der Waals surface area contributed by atoms with E-state index in [1.165, 1.54) is 17.3 Å². The van der Waals surface area contributed by atoms with Crippen LogP contribution >= 0.6 is 11.8 Å². The lowest BCUT2D eigenvalue weighted by Crippen LogP contribution is -2.13. The van der Waals surface area contributed by atoms with Gasteiger partial charge in [-0.25, -0.2) is 4.98 Å². The van der Waals surface area contributed by atoms with E-state index in [2.05, 4.69) is 27.4 Å². The van der Waals surface area contributed by atoms with Gasteiger partial charge in [-0.3, -0.25) is 4.79 Å². The highest BCUT2D eigenvalue weighted by atomic mass is 32.2. The van der Waals surface area contributed by atoms with Crippen LogP contribution in [0.5, 0.6) is 0 Å². The summed E-state index contributed by atoms with van der Waals surface area (Å²) < 4.78 is 0. The molecule has 2 N–H and O–H groups in total. The van der Waals surface area contributed by atoms with Crippen molar-refractivity contribution in [3.8, 4) is 0 Å². The molecule has 5 heteroatoms. The molecule has 3 aromatic carbocycles. The molecule has 28 heavy (non-hydrogen) atoms. The fourth-order valence-corrected chi connectivity index (χ4v) is 3.72. The molecule has 4 rings (SSSR count). The predicted octanol–water partition coefficient (Wildman–Crippen LogP) is 5.08. The fourth-order valence-electron chi connectivity index (χ4n) is 3.00. The summed E-state index contributed by atoms with van der Waals surface area (Å²) in [5.74, 6) is 1.40. The highest BCUT2D eigenvalue weighted by Crippen LogP contribution is 2.18. The summed E-state index contributed by atoms with van der Waals surface area (Å²) in [6, 6.07) is 26.0. The van der Waals surface area contributed by atoms with Crippen molar-refractivity contribution in [3.05, 3.63) is 90.3 Å². The first-order valence-electron chi connectivity index (χ1n) is 9.26. The summed E-state index contributed by atoms with van der Waals surface area (Å²) in [4.78, 5) is 21.2. The molecule has 140 valence electrons. The maximum absolute atomic E-state index is 12.1. The van der Waals surface area contributed by atoms with Gasteiger partial charge in [0.2, 0.25) is 5.91 Å². The monoisotopic (exact) mass is 387 g/mol. The maximum Gasteiger partial charge on any atom is 0.234 e. The molecule has 0 spiro atoms. The van der Waals surface area contributed by atoms with E-state index in [0.29, 0.717) is 5.75 Å². The van der Waals surface area contributed by atoms with Crippen molar-refractivity contribution in [2.75, 3.05) is 11.1 Å². The SMILES string of the molecule is O=C(CSc1ccccc1)Nc1ccc(CCc2nc3ccccc3[nH]2)cc1. The third-order valence-corrected chi connectivity index (χ3v) is 5.45. The number of aromatic amines is 1. The number of H-pyrrole nitrogens is 1. The number of para-hydroxylation sites is 2. The number of hydrogen-bond acceptors (Lipinski definition) is 3. The Balaban J connectivity index is 1.27. The molecule has 0 bridgehead atoms. The number of amides is 1. The van der Waals surface area contributed by atoms with Gasteiger partial charge in [0.25, 0.3) is 0 Å². The van der Waals surface area contributed by atoms with Crippen LogP contribution in [-0.4, -0.2) is 21.6 Å². The van der Waals surface area contributed by atoms with Gasteiger partial charge in [-0.15, -0.1) is 11.8 Å². The Hall–Kier alpha value is -3.05. The van der Waals surface area contributed by atoms with Crippen molar-refractivity contribution >= 4 is 34.4 Å². The van der Waals surface area contributed by atoms with E-state index in [1.807, 2.05) is 66.7 Å². The molecule has 0 saturated carbocycles. The van der Waals surface area contributed by atoms with Crippen molar-refractivity contribution in [1.29, 1.82) is 0 Å². The molecular formula is C23H21N3OS. The molecule has 0 unspecified atom stereocenters. The van der Waals surface area contributed by atoms with Gasteiger partial charge >= 0.3 is 0 Å². The number of aryl methyl sites for hydroxylation is 2. The largest absolute Gasteiger partial charge is 0.342 e. The zero-order valence-electron chi connectivity index (χ0n) is 15.4. The zero-order chi connectivity index (χ0) is 19.2. The number of imidazole rings is 1. The smallest absolute Gasteiger partial charge is 0.234 e. The first-order chi connectivity index (χ1) is 13.8. The van der Waals surface area contributed by atoms with Crippen LogP contribution in [0.25, 0.3) is 11.0 Å². The molecule has 0 aliphatic carbocycles. The van der Waals surface area contributed by atoms with Crippen LogP contribution in [0.3, 0.4) is 0 Å². The predicted molar refractivity (Wildman–Crippen MR) is 116 cm³/mol. The number of hydrogen-bond donors (Lipinski definition) is 2. The minimum Gasteiger partial charge on any atom is -0.342 e. The second-order valence-corrected chi connectivity index (χ2v) is 7.60. The summed E-state index contributed by atoms with van der Waals surface area (Å²) in [6.07, 6.45) is 1.76. The van der Waals surface area contributed by atoms with Crippen LogP contribution in [0.2, 0.25) is 0 Å². The lowest BCUT2D eigenvalue weighted by Gasteiger charge is -2.06. The summed E-state index contributed by atoms with van der Waals surface area (Å²) >= 11 is 1.54. The van der Waals surface area contributed by atoms with Crippen LogP contribution in [0.4, 0.5) is 5.69 Å². The minimum atomic E-state index is 0.00359. The highest BCUT2D eigenvalue weighted by molar-refractivity contribution is 8.00. The number of benzene rings is 3. The van der Waals surface area contributed by atoms with E-state index >= 15 is 0 Å². The number of nitrogens with one attached hydrogen (secondary N) is 2. The molecule has 0 saturated heterocycles. The molecule has 0 atom stereocenters. The van der Waals surface area contributed by atoms with Gasteiger partial charge in [-0.1, -0.05) is 42.5 Å². The van der Waals surface area contributed by atoms with Gasteiger partial charge in [0.1, 0.15) is 5.82 Å². The molecule has 1 amide bonds. The third kappa shape index (κ3) is 4.81. The van der Waals surface area contributed by atoms with Crippen molar-refractivity contribution in [2.24, 2.45) is 0 Å². The molecule has 1 aromatic heterocycles. The van der Waals surface area contributed by atoms with Gasteiger partial charge in [-0.2, -0.15) is 0 Å². The summed E-state index contributed by atoms with van der Waals surface area (Å²) in [5, 5.41) is 2.95. The quantitative estimate of drug-likeness (QED) is 0.435. The number of aromatic nitrogens is 2. The first-order valence-corrected chi connectivity index (χ1v) is 10.2. The van der Waals surface area contributed by atoms with E-state index in [0.717, 1.165) is 40.3 Å². The van der Waals surface area contributed by atoms with E-state index in [9.17, 15) is 4.79 Å². The molecule has 0 aliphatic rings. The minimum absolute atomic E-state index is 0.00359. The molecule has 4 aromatic rings. The lowest BCUT2D eigenvalue weighted by atomic mass is 10.1. The van der Waals surface area contributed by atoms with Gasteiger partial charge < -0.3 is 10.3 Å². The Morgan fingerprint density at radius 1 is 0.893 bits per heavy atom. The number of anilines is 1.